The van der Waals surface area contributed by atoms with Crippen LogP contribution in [0.15, 0.2) is 18.2 Å². The fourth-order valence-corrected chi connectivity index (χ4v) is 2.52. The summed E-state index contributed by atoms with van der Waals surface area (Å²) in [6.07, 6.45) is 3.69. The summed E-state index contributed by atoms with van der Waals surface area (Å²) < 4.78 is 0. The number of hydrogen-bond acceptors (Lipinski definition) is 5. The van der Waals surface area contributed by atoms with Gasteiger partial charge in [-0.25, -0.2) is 0 Å². The molecule has 1 fully saturated rings. The zero-order chi connectivity index (χ0) is 15.2. The van der Waals surface area contributed by atoms with E-state index in [0.717, 1.165) is 19.6 Å². The van der Waals surface area contributed by atoms with Crippen LogP contribution in [0.3, 0.4) is 0 Å². The van der Waals surface area contributed by atoms with Crippen molar-refractivity contribution in [1.82, 2.24) is 4.90 Å². The minimum atomic E-state index is -0.594. The molecule has 0 aliphatic carbocycles. The molecule has 1 aromatic carbocycles. The number of anilines is 1. The molecular formula is C14H20N4O3. The normalized spacial score (nSPS) is 15.6. The van der Waals surface area contributed by atoms with E-state index in [9.17, 15) is 14.9 Å². The highest BCUT2D eigenvalue weighted by molar-refractivity contribution is 5.94. The van der Waals surface area contributed by atoms with Gasteiger partial charge in [0.15, 0.2) is 0 Å². The number of nitrogens with two attached hydrogens (primary N) is 1. The number of piperidine rings is 1. The van der Waals surface area contributed by atoms with Gasteiger partial charge in [0.05, 0.1) is 4.92 Å². The quantitative estimate of drug-likeness (QED) is 0.612. The lowest BCUT2D eigenvalue weighted by atomic mass is 10.1. The molecule has 0 unspecified atom stereocenters. The summed E-state index contributed by atoms with van der Waals surface area (Å²) in [6.45, 7) is 3.58. The van der Waals surface area contributed by atoms with Crippen LogP contribution in [-0.4, -0.2) is 41.9 Å². The van der Waals surface area contributed by atoms with E-state index in [0.29, 0.717) is 12.2 Å². The maximum atomic E-state index is 11.2. The van der Waals surface area contributed by atoms with Crippen molar-refractivity contribution in [1.29, 1.82) is 0 Å². The number of likely N-dealkylation sites (tertiary alicyclic amines) is 1. The summed E-state index contributed by atoms with van der Waals surface area (Å²) >= 11 is 0. The van der Waals surface area contributed by atoms with E-state index >= 15 is 0 Å². The fraction of sp³-hybridized carbons (Fsp3) is 0.500. The lowest BCUT2D eigenvalue weighted by molar-refractivity contribution is -0.384. The average molecular weight is 292 g/mol. The third-order valence-corrected chi connectivity index (χ3v) is 3.67. The lowest BCUT2D eigenvalue weighted by Gasteiger charge is -2.26. The molecule has 7 heteroatoms. The molecule has 0 saturated carbocycles. The van der Waals surface area contributed by atoms with E-state index in [1.165, 1.54) is 37.5 Å². The Hall–Kier alpha value is -2.15. The number of nitrogens with one attached hydrogen (secondary N) is 1. The maximum absolute atomic E-state index is 11.2. The smallest absolute Gasteiger partial charge is 0.292 e. The number of nitro groups is 1. The van der Waals surface area contributed by atoms with Gasteiger partial charge in [0.25, 0.3) is 5.69 Å². The molecule has 3 N–H and O–H groups in total. The standard InChI is InChI=1S/C14H20N4O3/c15-14(19)11-4-5-13(18(20)21)12(10-11)16-6-9-17-7-2-1-3-8-17/h4-5,10,16H,1-3,6-9H2,(H2,15,19). The second-order valence-electron chi connectivity index (χ2n) is 5.18. The van der Waals surface area contributed by atoms with Crippen molar-refractivity contribution in [2.24, 2.45) is 5.73 Å². The number of nitrogens with zero attached hydrogens (tertiary/aromatic N) is 2. The van der Waals surface area contributed by atoms with E-state index in [4.69, 9.17) is 5.73 Å². The molecule has 0 radical (unpaired) electrons. The summed E-state index contributed by atoms with van der Waals surface area (Å²) in [4.78, 5) is 24.0. The molecule has 1 amide bonds. The van der Waals surface area contributed by atoms with E-state index in [1.807, 2.05) is 0 Å². The summed E-state index contributed by atoms with van der Waals surface area (Å²) in [5.74, 6) is -0.594. The molecule has 2 rings (SSSR count). The Morgan fingerprint density at radius 2 is 2.05 bits per heavy atom. The van der Waals surface area contributed by atoms with Gasteiger partial charge in [0.1, 0.15) is 5.69 Å². The second-order valence-corrected chi connectivity index (χ2v) is 5.18. The Morgan fingerprint density at radius 1 is 1.33 bits per heavy atom. The van der Waals surface area contributed by atoms with Crippen LogP contribution in [0.25, 0.3) is 0 Å². The lowest BCUT2D eigenvalue weighted by Crippen LogP contribution is -2.33. The Labute approximate surface area is 123 Å². The first-order valence-corrected chi connectivity index (χ1v) is 7.12. The highest BCUT2D eigenvalue weighted by Gasteiger charge is 2.16. The number of benzene rings is 1. The van der Waals surface area contributed by atoms with Gasteiger partial charge < -0.3 is 16.0 Å². The van der Waals surface area contributed by atoms with Crippen molar-refractivity contribution in [2.75, 3.05) is 31.5 Å². The first kappa shape index (κ1) is 15.2. The molecule has 1 saturated heterocycles. The van der Waals surface area contributed by atoms with Crippen molar-refractivity contribution in [2.45, 2.75) is 19.3 Å². The monoisotopic (exact) mass is 292 g/mol. The number of rotatable bonds is 6. The SMILES string of the molecule is NC(=O)c1ccc([N+](=O)[O-])c(NCCN2CCCCC2)c1. The second kappa shape index (κ2) is 7.03. The van der Waals surface area contributed by atoms with Crippen molar-refractivity contribution in [3.63, 3.8) is 0 Å². The number of carbonyl (C=O) groups is 1. The first-order chi connectivity index (χ1) is 10.1. The van der Waals surface area contributed by atoms with Crippen LogP contribution < -0.4 is 11.1 Å². The fourth-order valence-electron chi connectivity index (χ4n) is 2.52. The molecule has 21 heavy (non-hydrogen) atoms. The van der Waals surface area contributed by atoms with E-state index in [2.05, 4.69) is 10.2 Å². The van der Waals surface area contributed by atoms with Crippen molar-refractivity contribution in [3.05, 3.63) is 33.9 Å². The summed E-state index contributed by atoms with van der Waals surface area (Å²) in [5, 5.41) is 14.1. The van der Waals surface area contributed by atoms with Gasteiger partial charge in [-0.2, -0.15) is 0 Å². The summed E-state index contributed by atoms with van der Waals surface area (Å²) in [5.41, 5.74) is 5.77. The highest BCUT2D eigenvalue weighted by Crippen LogP contribution is 2.25. The van der Waals surface area contributed by atoms with Gasteiger partial charge in [0.2, 0.25) is 5.91 Å². The summed E-state index contributed by atoms with van der Waals surface area (Å²) in [6, 6.07) is 4.12. The Balaban J connectivity index is 2.00. The molecule has 0 atom stereocenters. The van der Waals surface area contributed by atoms with Crippen LogP contribution in [0.4, 0.5) is 11.4 Å². The van der Waals surface area contributed by atoms with Crippen molar-refractivity contribution < 1.29 is 9.72 Å². The Morgan fingerprint density at radius 3 is 2.67 bits per heavy atom. The third kappa shape index (κ3) is 4.16. The molecule has 0 aromatic heterocycles. The molecule has 1 aromatic rings. The van der Waals surface area contributed by atoms with Crippen molar-refractivity contribution >= 4 is 17.3 Å². The Kier molecular flexibility index (Phi) is 5.10. The maximum Gasteiger partial charge on any atom is 0.292 e. The van der Waals surface area contributed by atoms with Gasteiger partial charge >= 0.3 is 0 Å². The van der Waals surface area contributed by atoms with Gasteiger partial charge in [0, 0.05) is 24.7 Å². The number of carbonyl (C=O) groups excluding carboxylic acids is 1. The minimum absolute atomic E-state index is 0.0429. The largest absolute Gasteiger partial charge is 0.378 e. The first-order valence-electron chi connectivity index (χ1n) is 7.12. The molecule has 1 aliphatic heterocycles. The van der Waals surface area contributed by atoms with E-state index in [1.54, 1.807) is 0 Å². The van der Waals surface area contributed by atoms with Crippen LogP contribution in [0.1, 0.15) is 29.6 Å². The van der Waals surface area contributed by atoms with Crippen LogP contribution in [0.2, 0.25) is 0 Å². The van der Waals surface area contributed by atoms with Gasteiger partial charge in [-0.05, 0) is 38.1 Å². The van der Waals surface area contributed by atoms with Gasteiger partial charge in [-0.15, -0.1) is 0 Å². The van der Waals surface area contributed by atoms with E-state index < -0.39 is 10.8 Å². The summed E-state index contributed by atoms with van der Waals surface area (Å²) in [7, 11) is 0. The van der Waals surface area contributed by atoms with Gasteiger partial charge in [-0.1, -0.05) is 6.42 Å². The minimum Gasteiger partial charge on any atom is -0.378 e. The zero-order valence-corrected chi connectivity index (χ0v) is 11.9. The molecule has 0 spiro atoms. The van der Waals surface area contributed by atoms with Crippen LogP contribution in [0.5, 0.6) is 0 Å². The third-order valence-electron chi connectivity index (χ3n) is 3.67. The average Bonchev–Trinajstić information content (AvgIpc) is 2.48. The molecule has 1 aliphatic rings. The number of amides is 1. The van der Waals surface area contributed by atoms with Crippen LogP contribution in [-0.2, 0) is 0 Å². The predicted octanol–water partition coefficient (Wildman–Crippen LogP) is 1.59. The highest BCUT2D eigenvalue weighted by atomic mass is 16.6. The molecule has 1 heterocycles. The van der Waals surface area contributed by atoms with Crippen LogP contribution >= 0.6 is 0 Å². The van der Waals surface area contributed by atoms with E-state index in [-0.39, 0.29) is 11.3 Å². The number of nitro benzene ring substituents is 1. The Bertz CT molecular complexity index is 527. The van der Waals surface area contributed by atoms with Crippen molar-refractivity contribution in [3.8, 4) is 0 Å². The molecular weight excluding hydrogens is 272 g/mol. The molecule has 7 nitrogen and oxygen atoms in total. The molecule has 114 valence electrons. The zero-order valence-electron chi connectivity index (χ0n) is 11.9. The van der Waals surface area contributed by atoms with Gasteiger partial charge in [-0.3, -0.25) is 14.9 Å². The predicted molar refractivity (Wildman–Crippen MR) is 80.4 cm³/mol. The number of primary amides is 1. The number of hydrogen-bond donors (Lipinski definition) is 2. The topological polar surface area (TPSA) is 102 Å². The molecule has 0 bridgehead atoms. The van der Waals surface area contributed by atoms with Crippen LogP contribution in [0, 0.1) is 10.1 Å².